The van der Waals surface area contributed by atoms with Crippen LogP contribution in [0, 0.1) is 5.41 Å². The van der Waals surface area contributed by atoms with Crippen molar-refractivity contribution in [1.82, 2.24) is 0 Å². The molecule has 0 radical (unpaired) electrons. The predicted octanol–water partition coefficient (Wildman–Crippen LogP) is 6.98. The van der Waals surface area contributed by atoms with E-state index >= 15 is 0 Å². The number of carbonyl (C=O) groups excluding carboxylic acids is 1. The average molecular weight is 372 g/mol. The van der Waals surface area contributed by atoms with Gasteiger partial charge in [0, 0.05) is 0 Å². The highest BCUT2D eigenvalue weighted by molar-refractivity contribution is 5.83. The van der Waals surface area contributed by atoms with Gasteiger partial charge in [-0.2, -0.15) is 0 Å². The van der Waals surface area contributed by atoms with Crippen molar-refractivity contribution < 1.29 is 4.79 Å². The summed E-state index contributed by atoms with van der Waals surface area (Å²) in [6, 6.07) is 10.1. The number of unbranched alkanes of at least 4 members (excludes halogenated alkanes) is 11. The van der Waals surface area contributed by atoms with Crippen molar-refractivity contribution in [3.05, 3.63) is 48.6 Å². The molecule has 0 saturated carbocycles. The van der Waals surface area contributed by atoms with Crippen LogP contribution in [0.1, 0.15) is 96.0 Å². The zero-order valence-corrected chi connectivity index (χ0v) is 17.6. The van der Waals surface area contributed by atoms with Crippen LogP contribution in [0.15, 0.2) is 43.0 Å². The number of hydrogen-bond acceptors (Lipinski definition) is 1. The third kappa shape index (κ3) is 9.79. The summed E-state index contributed by atoms with van der Waals surface area (Å²) in [6.45, 7) is 6.19. The van der Waals surface area contributed by atoms with Crippen molar-refractivity contribution in [2.24, 2.45) is 11.1 Å². The number of benzene rings is 1. The van der Waals surface area contributed by atoms with Crippen molar-refractivity contribution in [1.29, 1.82) is 0 Å². The minimum absolute atomic E-state index is 0.246. The highest BCUT2D eigenvalue weighted by Crippen LogP contribution is 2.31. The fraction of sp³-hybridized carbons (Fsp3) is 0.640. The zero-order valence-electron chi connectivity index (χ0n) is 17.6. The van der Waals surface area contributed by atoms with Crippen LogP contribution < -0.4 is 5.73 Å². The van der Waals surface area contributed by atoms with Crippen LogP contribution in [0.3, 0.4) is 0 Å². The third-order valence-electron chi connectivity index (χ3n) is 5.72. The van der Waals surface area contributed by atoms with Crippen molar-refractivity contribution in [3.8, 4) is 0 Å². The van der Waals surface area contributed by atoms with Crippen molar-refractivity contribution >= 4 is 5.91 Å². The first-order valence-electron chi connectivity index (χ1n) is 11.1. The lowest BCUT2D eigenvalue weighted by Crippen LogP contribution is -2.37. The van der Waals surface area contributed by atoms with Gasteiger partial charge in [-0.15, -0.1) is 6.58 Å². The summed E-state index contributed by atoms with van der Waals surface area (Å²) < 4.78 is 0. The van der Waals surface area contributed by atoms with E-state index in [0.29, 0.717) is 6.42 Å². The Kier molecular flexibility index (Phi) is 12.6. The maximum atomic E-state index is 12.1. The van der Waals surface area contributed by atoms with Gasteiger partial charge >= 0.3 is 0 Å². The molecule has 0 aromatic heterocycles. The molecule has 0 bridgehead atoms. The molecule has 1 unspecified atom stereocenters. The minimum atomic E-state index is -0.611. The number of hydrogen-bond donors (Lipinski definition) is 1. The van der Waals surface area contributed by atoms with Crippen LogP contribution in [0.2, 0.25) is 0 Å². The molecule has 2 N–H and O–H groups in total. The van der Waals surface area contributed by atoms with Gasteiger partial charge in [0.2, 0.25) is 5.91 Å². The monoisotopic (exact) mass is 371 g/mol. The number of rotatable bonds is 17. The molecule has 27 heavy (non-hydrogen) atoms. The van der Waals surface area contributed by atoms with Gasteiger partial charge in [0.05, 0.1) is 5.41 Å². The fourth-order valence-electron chi connectivity index (χ4n) is 3.82. The lowest BCUT2D eigenvalue weighted by atomic mass is 9.76. The van der Waals surface area contributed by atoms with E-state index in [0.717, 1.165) is 18.4 Å². The lowest BCUT2D eigenvalue weighted by Gasteiger charge is -2.27. The normalized spacial score (nSPS) is 13.2. The number of primary amides is 1. The molecule has 1 amide bonds. The number of amides is 1. The van der Waals surface area contributed by atoms with Gasteiger partial charge in [-0.25, -0.2) is 0 Å². The van der Waals surface area contributed by atoms with E-state index in [2.05, 4.69) is 25.6 Å². The summed E-state index contributed by atoms with van der Waals surface area (Å²) in [4.78, 5) is 12.1. The molecule has 0 fully saturated rings. The topological polar surface area (TPSA) is 43.1 Å². The first kappa shape index (κ1) is 23.5. The molecule has 152 valence electrons. The molecule has 0 aliphatic heterocycles. The second kappa shape index (κ2) is 14.5. The average Bonchev–Trinajstić information content (AvgIpc) is 2.68. The van der Waals surface area contributed by atoms with Gasteiger partial charge in [0.1, 0.15) is 0 Å². The fourth-order valence-corrected chi connectivity index (χ4v) is 3.82. The van der Waals surface area contributed by atoms with E-state index in [9.17, 15) is 4.79 Å². The SMILES string of the molecule is C=CC(CCCCCCCCCCCCCC)(Cc1ccccc1)C(N)=O. The highest BCUT2D eigenvalue weighted by atomic mass is 16.1. The maximum Gasteiger partial charge on any atom is 0.227 e. The molecule has 2 heteroatoms. The summed E-state index contributed by atoms with van der Waals surface area (Å²) in [5, 5.41) is 0. The summed E-state index contributed by atoms with van der Waals surface area (Å²) in [6.07, 6.45) is 19.1. The van der Waals surface area contributed by atoms with E-state index < -0.39 is 5.41 Å². The molecule has 0 saturated heterocycles. The Morgan fingerprint density at radius 2 is 1.37 bits per heavy atom. The highest BCUT2D eigenvalue weighted by Gasteiger charge is 2.32. The first-order valence-corrected chi connectivity index (χ1v) is 11.1. The van der Waals surface area contributed by atoms with Crippen LogP contribution in [-0.2, 0) is 11.2 Å². The molecular formula is C25H41NO. The molecule has 1 aromatic carbocycles. The van der Waals surface area contributed by atoms with Gasteiger partial charge in [0.15, 0.2) is 0 Å². The van der Waals surface area contributed by atoms with Crippen LogP contribution >= 0.6 is 0 Å². The lowest BCUT2D eigenvalue weighted by molar-refractivity contribution is -0.125. The second-order valence-corrected chi connectivity index (χ2v) is 8.03. The van der Waals surface area contributed by atoms with Gasteiger partial charge in [-0.3, -0.25) is 4.79 Å². The quantitative estimate of drug-likeness (QED) is 0.233. The summed E-state index contributed by atoms with van der Waals surface area (Å²) >= 11 is 0. The standard InChI is InChI=1S/C25H41NO/c1-3-5-6-7-8-9-10-11-12-13-14-18-21-25(4-2,24(26)27)22-23-19-16-15-17-20-23/h4,15-17,19-20H,2-3,5-14,18,21-22H2,1H3,(H2,26,27). The molecule has 1 aromatic rings. The molecule has 0 heterocycles. The van der Waals surface area contributed by atoms with Gasteiger partial charge < -0.3 is 5.73 Å². The Hall–Kier alpha value is -1.57. The Morgan fingerprint density at radius 1 is 0.889 bits per heavy atom. The van der Waals surface area contributed by atoms with Gasteiger partial charge in [-0.05, 0) is 18.4 Å². The predicted molar refractivity (Wildman–Crippen MR) is 118 cm³/mol. The van der Waals surface area contributed by atoms with Gasteiger partial charge in [0.25, 0.3) is 0 Å². The van der Waals surface area contributed by atoms with Crippen molar-refractivity contribution in [2.45, 2.75) is 96.8 Å². The molecular weight excluding hydrogens is 330 g/mol. The van der Waals surface area contributed by atoms with E-state index in [1.165, 1.54) is 70.6 Å². The Morgan fingerprint density at radius 3 is 1.81 bits per heavy atom. The summed E-state index contributed by atoms with van der Waals surface area (Å²) in [5.74, 6) is -0.246. The largest absolute Gasteiger partial charge is 0.369 e. The Labute approximate surface area is 167 Å². The number of nitrogens with two attached hydrogens (primary N) is 1. The van der Waals surface area contributed by atoms with E-state index in [4.69, 9.17) is 5.73 Å². The zero-order chi connectivity index (χ0) is 19.8. The molecule has 0 aliphatic rings. The Bertz CT molecular complexity index is 510. The maximum absolute atomic E-state index is 12.1. The van der Waals surface area contributed by atoms with E-state index in [-0.39, 0.29) is 5.91 Å². The first-order chi connectivity index (χ1) is 13.1. The van der Waals surface area contributed by atoms with Gasteiger partial charge in [-0.1, -0.05) is 120 Å². The smallest absolute Gasteiger partial charge is 0.227 e. The third-order valence-corrected chi connectivity index (χ3v) is 5.72. The van der Waals surface area contributed by atoms with Crippen LogP contribution in [0.25, 0.3) is 0 Å². The summed E-state index contributed by atoms with van der Waals surface area (Å²) in [5.41, 5.74) is 6.30. The molecule has 1 atom stereocenters. The minimum Gasteiger partial charge on any atom is -0.369 e. The van der Waals surface area contributed by atoms with Crippen LogP contribution in [0.5, 0.6) is 0 Å². The second-order valence-electron chi connectivity index (χ2n) is 8.03. The Balaban J connectivity index is 2.19. The van der Waals surface area contributed by atoms with Crippen LogP contribution in [0.4, 0.5) is 0 Å². The van der Waals surface area contributed by atoms with Crippen molar-refractivity contribution in [2.75, 3.05) is 0 Å². The molecule has 0 aliphatic carbocycles. The number of carbonyl (C=O) groups is 1. The van der Waals surface area contributed by atoms with E-state index in [1.807, 2.05) is 18.2 Å². The van der Waals surface area contributed by atoms with Crippen molar-refractivity contribution in [3.63, 3.8) is 0 Å². The summed E-state index contributed by atoms with van der Waals surface area (Å²) in [7, 11) is 0. The van der Waals surface area contributed by atoms with E-state index in [1.54, 1.807) is 6.08 Å². The molecule has 2 nitrogen and oxygen atoms in total. The molecule has 0 spiro atoms. The van der Waals surface area contributed by atoms with Crippen LogP contribution in [-0.4, -0.2) is 5.91 Å². The molecule has 1 rings (SSSR count).